The molecule has 0 saturated carbocycles. The Bertz CT molecular complexity index is 473. The smallest absolute Gasteiger partial charge is 0.175 e. The fourth-order valence-electron chi connectivity index (χ4n) is 2.56. The van der Waals surface area contributed by atoms with E-state index in [1.807, 2.05) is 0 Å². The third kappa shape index (κ3) is 2.73. The SMILES string of the molecule is Cc1c(CN2CCNCC2)cc2c(c1Br)OCCO2. The highest BCUT2D eigenvalue weighted by molar-refractivity contribution is 9.10. The molecule has 0 atom stereocenters. The minimum absolute atomic E-state index is 0.627. The van der Waals surface area contributed by atoms with Gasteiger partial charge >= 0.3 is 0 Å². The molecule has 2 heterocycles. The van der Waals surface area contributed by atoms with Crippen LogP contribution in [0.4, 0.5) is 0 Å². The minimum Gasteiger partial charge on any atom is -0.486 e. The van der Waals surface area contributed by atoms with Gasteiger partial charge in [0.25, 0.3) is 0 Å². The molecular formula is C14H19BrN2O2. The summed E-state index contributed by atoms with van der Waals surface area (Å²) in [5.41, 5.74) is 2.57. The summed E-state index contributed by atoms with van der Waals surface area (Å²) in [7, 11) is 0. The van der Waals surface area contributed by atoms with E-state index in [2.05, 4.69) is 39.1 Å². The zero-order chi connectivity index (χ0) is 13.2. The number of nitrogens with zero attached hydrogens (tertiary/aromatic N) is 1. The molecule has 3 rings (SSSR count). The van der Waals surface area contributed by atoms with Gasteiger partial charge in [0.2, 0.25) is 0 Å². The zero-order valence-electron chi connectivity index (χ0n) is 11.2. The van der Waals surface area contributed by atoms with Gasteiger partial charge in [-0.05, 0) is 40.0 Å². The molecule has 0 spiro atoms. The van der Waals surface area contributed by atoms with Gasteiger partial charge in [-0.1, -0.05) is 0 Å². The Morgan fingerprint density at radius 3 is 2.79 bits per heavy atom. The van der Waals surface area contributed by atoms with Crippen LogP contribution in [0.2, 0.25) is 0 Å². The van der Waals surface area contributed by atoms with Crippen LogP contribution in [0.3, 0.4) is 0 Å². The van der Waals surface area contributed by atoms with Crippen molar-refractivity contribution in [2.75, 3.05) is 39.4 Å². The van der Waals surface area contributed by atoms with Crippen molar-refractivity contribution in [1.82, 2.24) is 10.2 Å². The largest absolute Gasteiger partial charge is 0.486 e. The van der Waals surface area contributed by atoms with E-state index in [-0.39, 0.29) is 0 Å². The van der Waals surface area contributed by atoms with Crippen molar-refractivity contribution >= 4 is 15.9 Å². The van der Waals surface area contributed by atoms with E-state index >= 15 is 0 Å². The molecule has 0 aliphatic carbocycles. The Morgan fingerprint density at radius 2 is 2.00 bits per heavy atom. The fraction of sp³-hybridized carbons (Fsp3) is 0.571. The molecule has 1 aromatic carbocycles. The van der Waals surface area contributed by atoms with Gasteiger partial charge in [-0.3, -0.25) is 4.90 Å². The summed E-state index contributed by atoms with van der Waals surface area (Å²) in [6, 6.07) is 2.14. The maximum atomic E-state index is 5.70. The first-order valence-corrected chi connectivity index (χ1v) is 7.55. The molecule has 19 heavy (non-hydrogen) atoms. The molecule has 104 valence electrons. The van der Waals surface area contributed by atoms with Crippen molar-refractivity contribution in [2.24, 2.45) is 0 Å². The molecule has 0 amide bonds. The van der Waals surface area contributed by atoms with Crippen LogP contribution >= 0.6 is 15.9 Å². The molecular weight excluding hydrogens is 308 g/mol. The van der Waals surface area contributed by atoms with Crippen LogP contribution in [0.15, 0.2) is 10.5 Å². The van der Waals surface area contributed by atoms with Crippen molar-refractivity contribution in [1.29, 1.82) is 0 Å². The molecule has 1 fully saturated rings. The maximum absolute atomic E-state index is 5.70. The highest BCUT2D eigenvalue weighted by Crippen LogP contribution is 2.41. The molecule has 1 aromatic rings. The number of nitrogens with one attached hydrogen (secondary N) is 1. The Morgan fingerprint density at radius 1 is 1.26 bits per heavy atom. The van der Waals surface area contributed by atoms with Gasteiger partial charge < -0.3 is 14.8 Å². The second-order valence-electron chi connectivity index (χ2n) is 5.03. The molecule has 4 nitrogen and oxygen atoms in total. The first kappa shape index (κ1) is 13.2. The van der Waals surface area contributed by atoms with E-state index in [4.69, 9.17) is 9.47 Å². The molecule has 2 aliphatic heterocycles. The van der Waals surface area contributed by atoms with Crippen LogP contribution in [0.25, 0.3) is 0 Å². The van der Waals surface area contributed by atoms with Gasteiger partial charge in [0.05, 0.1) is 4.47 Å². The number of hydrogen-bond acceptors (Lipinski definition) is 4. The summed E-state index contributed by atoms with van der Waals surface area (Å²) < 4.78 is 12.4. The molecule has 2 aliphatic rings. The summed E-state index contributed by atoms with van der Waals surface area (Å²) in [5.74, 6) is 1.72. The third-order valence-corrected chi connectivity index (χ3v) is 4.69. The quantitative estimate of drug-likeness (QED) is 0.900. The average Bonchev–Trinajstić information content (AvgIpc) is 2.46. The van der Waals surface area contributed by atoms with Gasteiger partial charge in [0.1, 0.15) is 13.2 Å². The number of piperazine rings is 1. The Hall–Kier alpha value is -0.780. The summed E-state index contributed by atoms with van der Waals surface area (Å²) in [6.45, 7) is 8.73. The minimum atomic E-state index is 0.627. The Kier molecular flexibility index (Phi) is 3.96. The lowest BCUT2D eigenvalue weighted by Gasteiger charge is -2.29. The molecule has 1 N–H and O–H groups in total. The molecule has 0 bridgehead atoms. The monoisotopic (exact) mass is 326 g/mol. The molecule has 1 saturated heterocycles. The van der Waals surface area contributed by atoms with E-state index < -0.39 is 0 Å². The zero-order valence-corrected chi connectivity index (χ0v) is 12.8. The van der Waals surface area contributed by atoms with Gasteiger partial charge in [0, 0.05) is 32.7 Å². The molecule has 0 radical (unpaired) electrons. The van der Waals surface area contributed by atoms with Crippen molar-refractivity contribution in [3.8, 4) is 11.5 Å². The molecule has 0 unspecified atom stereocenters. The number of fused-ring (bicyclic) bond motifs is 1. The normalized spacial score (nSPS) is 19.5. The molecule has 0 aromatic heterocycles. The summed E-state index contributed by atoms with van der Waals surface area (Å²) in [4.78, 5) is 2.47. The van der Waals surface area contributed by atoms with E-state index in [9.17, 15) is 0 Å². The molecule has 5 heteroatoms. The number of hydrogen-bond donors (Lipinski definition) is 1. The van der Waals surface area contributed by atoms with E-state index in [0.29, 0.717) is 13.2 Å². The van der Waals surface area contributed by atoms with Crippen LogP contribution in [0.1, 0.15) is 11.1 Å². The second kappa shape index (κ2) is 5.69. The highest BCUT2D eigenvalue weighted by atomic mass is 79.9. The van der Waals surface area contributed by atoms with E-state index in [1.54, 1.807) is 0 Å². The lowest BCUT2D eigenvalue weighted by atomic mass is 10.1. The van der Waals surface area contributed by atoms with Crippen molar-refractivity contribution in [3.05, 3.63) is 21.7 Å². The third-order valence-electron chi connectivity index (χ3n) is 3.73. The van der Waals surface area contributed by atoms with Crippen LogP contribution < -0.4 is 14.8 Å². The average molecular weight is 327 g/mol. The van der Waals surface area contributed by atoms with Gasteiger partial charge in [0.15, 0.2) is 11.5 Å². The van der Waals surface area contributed by atoms with Gasteiger partial charge in [-0.25, -0.2) is 0 Å². The van der Waals surface area contributed by atoms with Crippen molar-refractivity contribution in [3.63, 3.8) is 0 Å². The lowest BCUT2D eigenvalue weighted by Crippen LogP contribution is -2.43. The number of ether oxygens (including phenoxy) is 2. The highest BCUT2D eigenvalue weighted by Gasteiger charge is 2.21. The number of benzene rings is 1. The van der Waals surface area contributed by atoms with Crippen LogP contribution in [-0.2, 0) is 6.54 Å². The second-order valence-corrected chi connectivity index (χ2v) is 5.82. The topological polar surface area (TPSA) is 33.7 Å². The first-order valence-electron chi connectivity index (χ1n) is 6.76. The van der Waals surface area contributed by atoms with E-state index in [1.165, 1.54) is 11.1 Å². The van der Waals surface area contributed by atoms with Crippen LogP contribution in [0, 0.1) is 6.92 Å². The fourth-order valence-corrected chi connectivity index (χ4v) is 3.13. The van der Waals surface area contributed by atoms with Crippen LogP contribution in [-0.4, -0.2) is 44.3 Å². The lowest BCUT2D eigenvalue weighted by molar-refractivity contribution is 0.169. The van der Waals surface area contributed by atoms with Crippen molar-refractivity contribution < 1.29 is 9.47 Å². The Labute approximate surface area is 122 Å². The summed E-state index contributed by atoms with van der Waals surface area (Å²) >= 11 is 3.65. The standard InChI is InChI=1S/C14H19BrN2O2/c1-10-11(9-17-4-2-16-3-5-17)8-12-14(13(10)15)19-7-6-18-12/h8,16H,2-7,9H2,1H3. The number of rotatable bonds is 2. The first-order chi connectivity index (χ1) is 9.25. The predicted molar refractivity (Wildman–Crippen MR) is 78.0 cm³/mol. The summed E-state index contributed by atoms with van der Waals surface area (Å²) in [6.07, 6.45) is 0. The number of halogens is 1. The summed E-state index contributed by atoms with van der Waals surface area (Å²) in [5, 5.41) is 3.38. The van der Waals surface area contributed by atoms with Gasteiger partial charge in [-0.15, -0.1) is 0 Å². The van der Waals surface area contributed by atoms with Gasteiger partial charge in [-0.2, -0.15) is 0 Å². The van der Waals surface area contributed by atoms with Crippen LogP contribution in [0.5, 0.6) is 11.5 Å². The van der Waals surface area contributed by atoms with Crippen molar-refractivity contribution in [2.45, 2.75) is 13.5 Å². The van der Waals surface area contributed by atoms with E-state index in [0.717, 1.165) is 48.7 Å². The maximum Gasteiger partial charge on any atom is 0.175 e. The Balaban J connectivity index is 1.86. The predicted octanol–water partition coefficient (Wildman–Crippen LogP) is 1.93.